The van der Waals surface area contributed by atoms with Gasteiger partial charge in [0, 0.05) is 0 Å². The molecule has 1 aromatic carbocycles. The minimum absolute atomic E-state index is 0.307. The van der Waals surface area contributed by atoms with E-state index >= 15 is 0 Å². The van der Waals surface area contributed by atoms with E-state index in [2.05, 4.69) is 4.99 Å². The van der Waals surface area contributed by atoms with Gasteiger partial charge in [0.2, 0.25) is 6.08 Å². The van der Waals surface area contributed by atoms with E-state index in [-0.39, 0.29) is 0 Å². The minimum Gasteiger partial charge on any atom is -0.492 e. The van der Waals surface area contributed by atoms with E-state index in [1.165, 1.54) is 6.08 Å². The van der Waals surface area contributed by atoms with Crippen LogP contribution in [0.1, 0.15) is 18.1 Å². The molecule has 0 aliphatic carbocycles. The predicted octanol–water partition coefficient (Wildman–Crippen LogP) is 2.88. The topological polar surface area (TPSA) is 38.7 Å². The lowest BCUT2D eigenvalue weighted by Crippen LogP contribution is -1.95. The van der Waals surface area contributed by atoms with Crippen molar-refractivity contribution in [2.45, 2.75) is 20.4 Å². The van der Waals surface area contributed by atoms with Crippen molar-refractivity contribution < 1.29 is 9.53 Å². The normalized spacial score (nSPS) is 9.53. The summed E-state index contributed by atoms with van der Waals surface area (Å²) in [6.07, 6.45) is 1.50. The number of ether oxygens (including phenoxy) is 1. The molecule has 0 aliphatic rings. The lowest BCUT2D eigenvalue weighted by molar-refractivity contribution is 0.340. The number of rotatable bonds is 4. The van der Waals surface area contributed by atoms with E-state index in [1.807, 2.05) is 19.9 Å². The number of nitrogens with zero attached hydrogens (tertiary/aromatic N) is 1. The Balaban J connectivity index is 3.01. The summed E-state index contributed by atoms with van der Waals surface area (Å²) in [5, 5.41) is 0.540. The lowest BCUT2D eigenvalue weighted by atomic mass is 10.1. The van der Waals surface area contributed by atoms with Gasteiger partial charge in [0.25, 0.3) is 0 Å². The summed E-state index contributed by atoms with van der Waals surface area (Å²) >= 11 is 5.99. The Morgan fingerprint density at radius 3 is 2.87 bits per heavy atom. The molecule has 0 saturated carbocycles. The van der Waals surface area contributed by atoms with E-state index in [1.54, 1.807) is 6.07 Å². The lowest BCUT2D eigenvalue weighted by Gasteiger charge is -2.09. The summed E-state index contributed by atoms with van der Waals surface area (Å²) in [4.78, 5) is 13.5. The summed E-state index contributed by atoms with van der Waals surface area (Å²) in [5.41, 5.74) is 1.91. The largest absolute Gasteiger partial charge is 0.492 e. The fraction of sp³-hybridized carbons (Fsp3) is 0.364. The molecule has 0 saturated heterocycles. The average Bonchev–Trinajstić information content (AvgIpc) is 2.21. The van der Waals surface area contributed by atoms with Crippen molar-refractivity contribution in [3.63, 3.8) is 0 Å². The molecule has 0 radical (unpaired) electrons. The van der Waals surface area contributed by atoms with Crippen molar-refractivity contribution in [3.8, 4) is 5.75 Å². The number of aliphatic imine (C=N–C) groups is 1. The maximum atomic E-state index is 9.99. The van der Waals surface area contributed by atoms with Gasteiger partial charge >= 0.3 is 0 Å². The number of benzene rings is 1. The highest BCUT2D eigenvalue weighted by molar-refractivity contribution is 6.32. The van der Waals surface area contributed by atoms with Crippen LogP contribution in [0.3, 0.4) is 0 Å². The molecule has 0 fully saturated rings. The minimum atomic E-state index is 0.307. The maximum Gasteiger partial charge on any atom is 0.235 e. The third-order valence-electron chi connectivity index (χ3n) is 2.00. The van der Waals surface area contributed by atoms with Gasteiger partial charge in [-0.25, -0.2) is 9.79 Å². The second-order valence-electron chi connectivity index (χ2n) is 3.05. The second-order valence-corrected chi connectivity index (χ2v) is 3.46. The van der Waals surface area contributed by atoms with Gasteiger partial charge in [-0.3, -0.25) is 0 Å². The first-order valence-electron chi connectivity index (χ1n) is 4.64. The smallest absolute Gasteiger partial charge is 0.235 e. The molecule has 0 heterocycles. The first-order chi connectivity index (χ1) is 7.19. The highest BCUT2D eigenvalue weighted by Crippen LogP contribution is 2.28. The zero-order chi connectivity index (χ0) is 11.3. The van der Waals surface area contributed by atoms with Crippen LogP contribution in [0.2, 0.25) is 5.02 Å². The van der Waals surface area contributed by atoms with Crippen LogP contribution in [-0.4, -0.2) is 12.7 Å². The van der Waals surface area contributed by atoms with Crippen molar-refractivity contribution in [1.29, 1.82) is 0 Å². The predicted molar refractivity (Wildman–Crippen MR) is 59.2 cm³/mol. The first kappa shape index (κ1) is 11.8. The molecule has 15 heavy (non-hydrogen) atoms. The highest BCUT2D eigenvalue weighted by Gasteiger charge is 2.06. The van der Waals surface area contributed by atoms with Crippen molar-refractivity contribution in [2.75, 3.05) is 6.61 Å². The molecular weight excluding hydrogens is 214 g/mol. The molecule has 0 aliphatic heterocycles. The Hall–Kier alpha value is -1.31. The van der Waals surface area contributed by atoms with Crippen LogP contribution in [0.15, 0.2) is 17.1 Å². The monoisotopic (exact) mass is 225 g/mol. The highest BCUT2D eigenvalue weighted by atomic mass is 35.5. The molecule has 0 atom stereocenters. The Morgan fingerprint density at radius 1 is 1.53 bits per heavy atom. The third kappa shape index (κ3) is 3.08. The van der Waals surface area contributed by atoms with Gasteiger partial charge in [-0.05, 0) is 37.1 Å². The summed E-state index contributed by atoms with van der Waals surface area (Å²) in [6, 6.07) is 3.62. The third-order valence-corrected chi connectivity index (χ3v) is 2.30. The Kier molecular flexibility index (Phi) is 4.35. The van der Waals surface area contributed by atoms with Crippen LogP contribution in [0, 0.1) is 6.92 Å². The van der Waals surface area contributed by atoms with Gasteiger partial charge in [0.05, 0.1) is 18.2 Å². The first-order valence-corrected chi connectivity index (χ1v) is 5.02. The number of hydrogen-bond acceptors (Lipinski definition) is 3. The zero-order valence-electron chi connectivity index (χ0n) is 8.71. The van der Waals surface area contributed by atoms with Crippen LogP contribution in [-0.2, 0) is 11.3 Å². The number of carbonyl (C=O) groups excluding carboxylic acids is 1. The number of hydrogen-bond donors (Lipinski definition) is 0. The molecule has 0 aromatic heterocycles. The fourth-order valence-corrected chi connectivity index (χ4v) is 1.49. The number of aryl methyl sites for hydroxylation is 1. The number of isocyanates is 1. The van der Waals surface area contributed by atoms with Gasteiger partial charge in [-0.1, -0.05) is 11.6 Å². The van der Waals surface area contributed by atoms with E-state index < -0.39 is 0 Å². The Bertz CT molecular complexity index is 398. The van der Waals surface area contributed by atoms with E-state index in [0.717, 1.165) is 11.1 Å². The van der Waals surface area contributed by atoms with E-state index in [4.69, 9.17) is 16.3 Å². The molecule has 0 amide bonds. The van der Waals surface area contributed by atoms with Crippen molar-refractivity contribution >= 4 is 17.7 Å². The molecule has 0 spiro atoms. The van der Waals surface area contributed by atoms with Gasteiger partial charge in [0.1, 0.15) is 5.75 Å². The summed E-state index contributed by atoms with van der Waals surface area (Å²) in [5.74, 6) is 0.662. The molecule has 1 rings (SSSR count). The fourth-order valence-electron chi connectivity index (χ4n) is 1.25. The molecule has 0 unspecified atom stereocenters. The number of halogens is 1. The molecule has 80 valence electrons. The van der Waals surface area contributed by atoms with Gasteiger partial charge in [-0.15, -0.1) is 0 Å². The standard InChI is InChI=1S/C11H12ClNO2/c1-3-15-11-4-8(2)9(5-10(11)12)6-13-7-14/h4-5H,3,6H2,1-2H3. The summed E-state index contributed by atoms with van der Waals surface area (Å²) in [6.45, 7) is 4.71. The van der Waals surface area contributed by atoms with E-state index in [9.17, 15) is 4.79 Å². The van der Waals surface area contributed by atoms with Crippen LogP contribution in [0.5, 0.6) is 5.75 Å². The Labute approximate surface area is 93.7 Å². The molecule has 0 N–H and O–H groups in total. The van der Waals surface area contributed by atoms with Gasteiger partial charge in [-0.2, -0.15) is 0 Å². The van der Waals surface area contributed by atoms with E-state index in [0.29, 0.717) is 23.9 Å². The maximum absolute atomic E-state index is 9.99. The van der Waals surface area contributed by atoms with Crippen molar-refractivity contribution in [2.24, 2.45) is 4.99 Å². The molecule has 0 bridgehead atoms. The zero-order valence-corrected chi connectivity index (χ0v) is 9.47. The van der Waals surface area contributed by atoms with Crippen molar-refractivity contribution in [3.05, 3.63) is 28.3 Å². The molecule has 3 nitrogen and oxygen atoms in total. The molecule has 1 aromatic rings. The van der Waals surface area contributed by atoms with Crippen LogP contribution in [0.25, 0.3) is 0 Å². The Morgan fingerprint density at radius 2 is 2.27 bits per heavy atom. The SMILES string of the molecule is CCOc1cc(C)c(CN=C=O)cc1Cl. The van der Waals surface area contributed by atoms with Gasteiger partial charge in [0.15, 0.2) is 0 Å². The van der Waals surface area contributed by atoms with Crippen LogP contribution < -0.4 is 4.74 Å². The summed E-state index contributed by atoms with van der Waals surface area (Å²) in [7, 11) is 0. The average molecular weight is 226 g/mol. The quantitative estimate of drug-likeness (QED) is 0.584. The summed E-state index contributed by atoms with van der Waals surface area (Å²) < 4.78 is 5.34. The molecule has 4 heteroatoms. The van der Waals surface area contributed by atoms with Crippen molar-refractivity contribution in [1.82, 2.24) is 0 Å². The second kappa shape index (κ2) is 5.54. The molecular formula is C11H12ClNO2. The van der Waals surface area contributed by atoms with Gasteiger partial charge < -0.3 is 4.74 Å². The van der Waals surface area contributed by atoms with Crippen LogP contribution in [0.4, 0.5) is 0 Å². The van der Waals surface area contributed by atoms with Crippen LogP contribution >= 0.6 is 11.6 Å².